The number of Topliss-reactive ketones (excluding diaryl/α,β-unsaturated/α-hetero) is 1. The van der Waals surface area contributed by atoms with E-state index in [9.17, 15) is 19.2 Å². The number of ketones is 1. The lowest BCUT2D eigenvalue weighted by Crippen LogP contribution is -2.42. The third kappa shape index (κ3) is 8.13. The van der Waals surface area contributed by atoms with E-state index in [1.165, 1.54) is 22.7 Å². The first-order valence-electron chi connectivity index (χ1n) is 12.9. The third-order valence-electron chi connectivity index (χ3n) is 6.13. The number of para-hydroxylation sites is 1. The molecule has 208 valence electrons. The molecule has 1 atom stereocenters. The van der Waals surface area contributed by atoms with Crippen LogP contribution in [-0.2, 0) is 33.7 Å². The van der Waals surface area contributed by atoms with Crippen LogP contribution in [0.15, 0.2) is 57.9 Å². The van der Waals surface area contributed by atoms with Crippen LogP contribution >= 0.6 is 0 Å². The highest BCUT2D eigenvalue weighted by Crippen LogP contribution is 2.22. The molecule has 3 rings (SSSR count). The smallest absolute Gasteiger partial charge is 0.407 e. The van der Waals surface area contributed by atoms with Crippen molar-refractivity contribution < 1.29 is 23.5 Å². The average Bonchev–Trinajstić information content (AvgIpc) is 3.31. The predicted octanol–water partition coefficient (Wildman–Crippen LogP) is 3.50. The molecule has 3 aromatic rings. The number of benzene rings is 1. The lowest BCUT2D eigenvalue weighted by Gasteiger charge is -2.16. The minimum atomic E-state index is -0.888. The van der Waals surface area contributed by atoms with Crippen molar-refractivity contribution in [1.82, 2.24) is 19.8 Å². The number of ether oxygens (including phenoxy) is 1. The SMILES string of the molecule is COC(=O)N[C@@H](CC/C=C/C(=O)N(C)C)C(=O)Cc1cccn(Cc2nc3c(CC(C)C)cccc3o2)c1=O. The maximum Gasteiger partial charge on any atom is 0.407 e. The fourth-order valence-corrected chi connectivity index (χ4v) is 4.14. The van der Waals surface area contributed by atoms with Gasteiger partial charge < -0.3 is 23.9 Å². The van der Waals surface area contributed by atoms with E-state index in [-0.39, 0.29) is 42.2 Å². The van der Waals surface area contributed by atoms with Crippen LogP contribution in [0.2, 0.25) is 0 Å². The highest BCUT2D eigenvalue weighted by atomic mass is 16.5. The van der Waals surface area contributed by atoms with Crippen molar-refractivity contribution in [1.29, 1.82) is 0 Å². The predicted molar refractivity (Wildman–Crippen MR) is 147 cm³/mol. The van der Waals surface area contributed by atoms with Crippen molar-refractivity contribution in [2.45, 2.75) is 52.1 Å². The van der Waals surface area contributed by atoms with Gasteiger partial charge in [-0.3, -0.25) is 14.4 Å². The molecule has 10 heteroatoms. The number of likely N-dealkylation sites (N-methyl/N-ethyl adjacent to an activating group) is 1. The van der Waals surface area contributed by atoms with Gasteiger partial charge in [0.15, 0.2) is 11.4 Å². The Morgan fingerprint density at radius 1 is 1.15 bits per heavy atom. The van der Waals surface area contributed by atoms with E-state index < -0.39 is 12.1 Å². The van der Waals surface area contributed by atoms with Gasteiger partial charge in [-0.1, -0.05) is 38.1 Å². The van der Waals surface area contributed by atoms with Crippen LogP contribution in [0.25, 0.3) is 11.1 Å². The molecule has 2 amide bonds. The number of nitrogens with one attached hydrogen (secondary N) is 1. The van der Waals surface area contributed by atoms with E-state index in [4.69, 9.17) is 4.42 Å². The van der Waals surface area contributed by atoms with Gasteiger partial charge in [0, 0.05) is 32.3 Å². The summed E-state index contributed by atoms with van der Waals surface area (Å²) in [6.45, 7) is 4.39. The van der Waals surface area contributed by atoms with Crippen LogP contribution < -0.4 is 10.9 Å². The minimum Gasteiger partial charge on any atom is -0.453 e. The molecule has 0 spiro atoms. The Labute approximate surface area is 227 Å². The van der Waals surface area contributed by atoms with Gasteiger partial charge in [0.1, 0.15) is 12.1 Å². The summed E-state index contributed by atoms with van der Waals surface area (Å²) in [5, 5.41) is 2.53. The highest BCUT2D eigenvalue weighted by molar-refractivity contribution is 5.89. The summed E-state index contributed by atoms with van der Waals surface area (Å²) in [5.41, 5.74) is 2.49. The van der Waals surface area contributed by atoms with Crippen molar-refractivity contribution in [2.24, 2.45) is 5.92 Å². The maximum atomic E-state index is 13.2. The van der Waals surface area contributed by atoms with Gasteiger partial charge >= 0.3 is 6.09 Å². The Balaban J connectivity index is 1.75. The lowest BCUT2D eigenvalue weighted by molar-refractivity contribution is -0.123. The number of hydrogen-bond donors (Lipinski definition) is 1. The number of aromatic nitrogens is 2. The minimum absolute atomic E-state index is 0.116. The molecule has 0 bridgehead atoms. The zero-order valence-electron chi connectivity index (χ0n) is 23.1. The number of oxazole rings is 1. The van der Waals surface area contributed by atoms with E-state index in [0.29, 0.717) is 23.8 Å². The standard InChI is InChI=1S/C29H36N4O6/c1-19(2)16-20-10-8-13-24-27(20)31-25(39-24)18-33-15-9-11-21(28(33)36)17-23(34)22(30-29(37)38-5)12-6-7-14-26(35)32(3)4/h7-11,13-15,19,22H,6,12,16-18H2,1-5H3,(H,30,37)/b14-7+/t22-/m0/s1. The number of rotatable bonds is 12. The molecule has 1 N–H and O–H groups in total. The number of carbonyl (C=O) groups is 3. The maximum absolute atomic E-state index is 13.2. The van der Waals surface area contributed by atoms with Gasteiger partial charge in [0.25, 0.3) is 5.56 Å². The second-order valence-corrected chi connectivity index (χ2v) is 9.98. The molecular weight excluding hydrogens is 500 g/mol. The number of alkyl carbamates (subject to hydrolysis) is 1. The van der Waals surface area contributed by atoms with Crippen LogP contribution in [0.3, 0.4) is 0 Å². The third-order valence-corrected chi connectivity index (χ3v) is 6.13. The largest absolute Gasteiger partial charge is 0.453 e. The number of pyridine rings is 1. The zero-order chi connectivity index (χ0) is 28.5. The Morgan fingerprint density at radius 3 is 2.59 bits per heavy atom. The first-order chi connectivity index (χ1) is 18.6. The van der Waals surface area contributed by atoms with E-state index in [1.54, 1.807) is 38.5 Å². The lowest BCUT2D eigenvalue weighted by atomic mass is 10.0. The number of allylic oxidation sites excluding steroid dienone is 1. The molecule has 2 heterocycles. The number of fused-ring (bicyclic) bond motifs is 1. The van der Waals surface area contributed by atoms with Crippen LogP contribution in [-0.4, -0.2) is 59.5 Å². The molecule has 0 saturated carbocycles. The number of nitrogens with zero attached hydrogens (tertiary/aromatic N) is 3. The molecular formula is C29H36N4O6. The van der Waals surface area contributed by atoms with E-state index in [2.05, 4.69) is 28.9 Å². The quantitative estimate of drug-likeness (QED) is 0.351. The normalized spacial score (nSPS) is 12.2. The molecule has 0 aliphatic heterocycles. The summed E-state index contributed by atoms with van der Waals surface area (Å²) in [6, 6.07) is 8.21. The first-order valence-corrected chi connectivity index (χ1v) is 12.9. The Hall–Kier alpha value is -4.21. The number of hydrogen-bond acceptors (Lipinski definition) is 7. The van der Waals surface area contributed by atoms with Gasteiger partial charge in [-0.15, -0.1) is 0 Å². The fraction of sp³-hybridized carbons (Fsp3) is 0.414. The van der Waals surface area contributed by atoms with E-state index in [1.807, 2.05) is 18.2 Å². The molecule has 39 heavy (non-hydrogen) atoms. The molecule has 0 unspecified atom stereocenters. The second-order valence-electron chi connectivity index (χ2n) is 9.98. The molecule has 0 radical (unpaired) electrons. The topological polar surface area (TPSA) is 124 Å². The summed E-state index contributed by atoms with van der Waals surface area (Å²) in [7, 11) is 4.48. The van der Waals surface area contributed by atoms with Gasteiger partial charge in [-0.25, -0.2) is 9.78 Å². The van der Waals surface area contributed by atoms with Gasteiger partial charge in [0.2, 0.25) is 11.8 Å². The van der Waals surface area contributed by atoms with Crippen molar-refractivity contribution in [3.8, 4) is 0 Å². The summed E-state index contributed by atoms with van der Waals surface area (Å²) >= 11 is 0. The molecule has 0 aliphatic carbocycles. The number of methoxy groups -OCH3 is 1. The summed E-state index contributed by atoms with van der Waals surface area (Å²) in [5.74, 6) is 0.333. The van der Waals surface area contributed by atoms with E-state index >= 15 is 0 Å². The highest BCUT2D eigenvalue weighted by Gasteiger charge is 2.22. The fourth-order valence-electron chi connectivity index (χ4n) is 4.14. The Bertz CT molecular complexity index is 1400. The first kappa shape index (κ1) is 29.3. The number of carbonyl (C=O) groups excluding carboxylic acids is 3. The molecule has 0 fully saturated rings. The second kappa shape index (κ2) is 13.5. The Morgan fingerprint density at radius 2 is 1.90 bits per heavy atom. The summed E-state index contributed by atoms with van der Waals surface area (Å²) < 4.78 is 12.0. The van der Waals surface area contributed by atoms with Crippen molar-refractivity contribution >= 4 is 28.9 Å². The van der Waals surface area contributed by atoms with Crippen molar-refractivity contribution in [2.75, 3.05) is 21.2 Å². The van der Waals surface area contributed by atoms with Crippen LogP contribution in [0.1, 0.15) is 43.7 Å². The monoisotopic (exact) mass is 536 g/mol. The van der Waals surface area contributed by atoms with Gasteiger partial charge in [-0.05, 0) is 49.0 Å². The van der Waals surface area contributed by atoms with E-state index in [0.717, 1.165) is 17.5 Å². The zero-order valence-corrected chi connectivity index (χ0v) is 23.1. The molecule has 0 aliphatic rings. The van der Waals surface area contributed by atoms with Crippen LogP contribution in [0.5, 0.6) is 0 Å². The Kier molecular flexibility index (Phi) is 10.2. The van der Waals surface area contributed by atoms with Crippen molar-refractivity contribution in [3.63, 3.8) is 0 Å². The summed E-state index contributed by atoms with van der Waals surface area (Å²) in [4.78, 5) is 56.0. The van der Waals surface area contributed by atoms with Crippen LogP contribution in [0.4, 0.5) is 4.79 Å². The van der Waals surface area contributed by atoms with Crippen molar-refractivity contribution in [3.05, 3.63) is 76.1 Å². The molecule has 1 aromatic carbocycles. The average molecular weight is 537 g/mol. The molecule has 10 nitrogen and oxygen atoms in total. The molecule has 2 aromatic heterocycles. The van der Waals surface area contributed by atoms with Gasteiger partial charge in [-0.2, -0.15) is 0 Å². The van der Waals surface area contributed by atoms with Crippen LogP contribution in [0, 0.1) is 5.92 Å². The number of amides is 2. The summed E-state index contributed by atoms with van der Waals surface area (Å²) in [6.07, 6.45) is 5.22. The van der Waals surface area contributed by atoms with Gasteiger partial charge in [0.05, 0.1) is 13.2 Å². The molecule has 0 saturated heterocycles.